The van der Waals surface area contributed by atoms with Gasteiger partial charge in [0.05, 0.1) is 5.54 Å². The lowest BCUT2D eigenvalue weighted by atomic mass is 9.96. The van der Waals surface area contributed by atoms with Crippen molar-refractivity contribution in [2.24, 2.45) is 0 Å². The summed E-state index contributed by atoms with van der Waals surface area (Å²) in [6.45, 7) is 3.07. The molecule has 0 bridgehead atoms. The van der Waals surface area contributed by atoms with Crippen molar-refractivity contribution in [1.82, 2.24) is 5.32 Å². The first kappa shape index (κ1) is 16.4. The van der Waals surface area contributed by atoms with E-state index in [-0.39, 0.29) is 11.4 Å². The van der Waals surface area contributed by atoms with Gasteiger partial charge >= 0.3 is 0 Å². The Hall–Kier alpha value is -2.81. The van der Waals surface area contributed by atoms with Gasteiger partial charge in [0.1, 0.15) is 0 Å². The van der Waals surface area contributed by atoms with Crippen molar-refractivity contribution < 1.29 is 4.79 Å². The molecule has 1 saturated carbocycles. The number of hydrogen-bond donors (Lipinski definition) is 1. The van der Waals surface area contributed by atoms with Gasteiger partial charge in [-0.3, -0.25) is 4.79 Å². The van der Waals surface area contributed by atoms with E-state index in [2.05, 4.69) is 71.9 Å². The van der Waals surface area contributed by atoms with Gasteiger partial charge in [-0.05, 0) is 59.7 Å². The summed E-state index contributed by atoms with van der Waals surface area (Å²) < 4.78 is 0. The summed E-state index contributed by atoms with van der Waals surface area (Å²) in [4.78, 5) is 15.4. The number of amides is 1. The van der Waals surface area contributed by atoms with Gasteiger partial charge in [-0.1, -0.05) is 48.5 Å². The van der Waals surface area contributed by atoms with Gasteiger partial charge in [-0.25, -0.2) is 0 Å². The third-order valence-electron chi connectivity index (χ3n) is 6.21. The van der Waals surface area contributed by atoms with Crippen LogP contribution in [0.2, 0.25) is 0 Å². The highest BCUT2D eigenvalue weighted by molar-refractivity contribution is 5.98. The molecule has 3 aromatic rings. The molecule has 27 heavy (non-hydrogen) atoms. The third kappa shape index (κ3) is 2.61. The van der Waals surface area contributed by atoms with Gasteiger partial charge in [0, 0.05) is 24.8 Å². The summed E-state index contributed by atoms with van der Waals surface area (Å²) in [7, 11) is 2.10. The first-order valence-electron chi connectivity index (χ1n) is 9.73. The number of nitrogens with zero attached hydrogens (tertiary/aromatic N) is 1. The average molecular weight is 356 g/mol. The van der Waals surface area contributed by atoms with Crippen LogP contribution >= 0.6 is 0 Å². The molecule has 1 aliphatic heterocycles. The Bertz CT molecular complexity index is 1060. The Balaban J connectivity index is 1.50. The molecule has 1 amide bonds. The number of likely N-dealkylation sites (N-methyl/N-ethyl adjacent to an activating group) is 1. The normalized spacial score (nSPS) is 17.0. The average Bonchev–Trinajstić information content (AvgIpc) is 3.37. The van der Waals surface area contributed by atoms with E-state index in [1.165, 1.54) is 27.6 Å². The number of rotatable bonds is 3. The number of nitrogens with one attached hydrogen (secondary N) is 1. The largest absolute Gasteiger partial charge is 0.374 e. The molecule has 3 aromatic carbocycles. The maximum Gasteiger partial charge on any atom is 0.252 e. The van der Waals surface area contributed by atoms with E-state index in [4.69, 9.17) is 0 Å². The van der Waals surface area contributed by atoms with E-state index in [9.17, 15) is 4.79 Å². The fourth-order valence-corrected chi connectivity index (χ4v) is 4.48. The zero-order chi connectivity index (χ0) is 18.6. The van der Waals surface area contributed by atoms with Gasteiger partial charge in [0.2, 0.25) is 0 Å². The zero-order valence-electron chi connectivity index (χ0n) is 15.9. The van der Waals surface area contributed by atoms with Crippen LogP contribution in [0.3, 0.4) is 0 Å². The lowest BCUT2D eigenvalue weighted by Crippen LogP contribution is -2.35. The lowest BCUT2D eigenvalue weighted by molar-refractivity contribution is 0.0930. The Kier molecular flexibility index (Phi) is 3.55. The van der Waals surface area contributed by atoms with Crippen LogP contribution in [0.1, 0.15) is 39.9 Å². The molecule has 1 fully saturated rings. The van der Waals surface area contributed by atoms with E-state index >= 15 is 0 Å². The van der Waals surface area contributed by atoms with Crippen molar-refractivity contribution in [3.05, 3.63) is 76.9 Å². The maximum absolute atomic E-state index is 13.2. The molecule has 0 radical (unpaired) electrons. The number of carbonyl (C=O) groups excluding carboxylic acids is 1. The molecule has 0 aromatic heterocycles. The Labute approximate surface area is 160 Å². The van der Waals surface area contributed by atoms with Crippen LogP contribution in [0.4, 0.5) is 5.69 Å². The van der Waals surface area contributed by atoms with Crippen molar-refractivity contribution in [2.75, 3.05) is 18.5 Å². The molecule has 1 aliphatic carbocycles. The molecule has 0 atom stereocenters. The fraction of sp³-hybridized carbons (Fsp3) is 0.292. The van der Waals surface area contributed by atoms with E-state index < -0.39 is 0 Å². The van der Waals surface area contributed by atoms with E-state index in [0.29, 0.717) is 0 Å². The molecule has 0 saturated heterocycles. The number of fused-ring (bicyclic) bond motifs is 2. The number of hydrogen-bond acceptors (Lipinski definition) is 2. The van der Waals surface area contributed by atoms with Crippen LogP contribution in [0.25, 0.3) is 10.8 Å². The van der Waals surface area contributed by atoms with Crippen LogP contribution in [0.15, 0.2) is 54.6 Å². The van der Waals surface area contributed by atoms with Crippen molar-refractivity contribution in [3.63, 3.8) is 0 Å². The summed E-state index contributed by atoms with van der Waals surface area (Å²) in [5.41, 5.74) is 5.42. The minimum absolute atomic E-state index is 0.0426. The second-order valence-corrected chi connectivity index (χ2v) is 8.03. The SMILES string of the molecule is Cc1cc2c(cc1C(=O)NC1(c3cccc4ccccc34)CC1)N(C)CC2. The second-order valence-electron chi connectivity index (χ2n) is 8.03. The van der Waals surface area contributed by atoms with Crippen LogP contribution in [-0.2, 0) is 12.0 Å². The van der Waals surface area contributed by atoms with E-state index in [1.54, 1.807) is 0 Å². The monoisotopic (exact) mass is 356 g/mol. The van der Waals surface area contributed by atoms with E-state index in [1.807, 2.05) is 6.92 Å². The summed E-state index contributed by atoms with van der Waals surface area (Å²) in [6, 6.07) is 19.1. The van der Waals surface area contributed by atoms with Gasteiger partial charge in [0.15, 0.2) is 0 Å². The fourth-order valence-electron chi connectivity index (χ4n) is 4.48. The van der Waals surface area contributed by atoms with Crippen LogP contribution in [-0.4, -0.2) is 19.5 Å². The van der Waals surface area contributed by atoms with Crippen LogP contribution in [0, 0.1) is 6.92 Å². The minimum Gasteiger partial charge on any atom is -0.374 e. The number of aryl methyl sites for hydroxylation is 1. The highest BCUT2D eigenvalue weighted by Crippen LogP contribution is 2.48. The number of benzene rings is 3. The third-order valence-corrected chi connectivity index (χ3v) is 6.21. The second kappa shape index (κ2) is 5.85. The van der Waals surface area contributed by atoms with Crippen LogP contribution in [0.5, 0.6) is 0 Å². The Morgan fingerprint density at radius 3 is 2.67 bits per heavy atom. The summed E-state index contributed by atoms with van der Waals surface area (Å²) in [6.07, 6.45) is 3.06. The smallest absolute Gasteiger partial charge is 0.252 e. The molecule has 3 nitrogen and oxygen atoms in total. The quantitative estimate of drug-likeness (QED) is 0.746. The van der Waals surface area contributed by atoms with Crippen molar-refractivity contribution in [3.8, 4) is 0 Å². The summed E-state index contributed by atoms with van der Waals surface area (Å²) >= 11 is 0. The Morgan fingerprint density at radius 2 is 1.85 bits per heavy atom. The zero-order valence-corrected chi connectivity index (χ0v) is 15.9. The van der Waals surface area contributed by atoms with Crippen molar-refractivity contribution >= 4 is 22.4 Å². The Morgan fingerprint density at radius 1 is 1.07 bits per heavy atom. The molecule has 5 rings (SSSR count). The molecule has 1 N–H and O–H groups in total. The topological polar surface area (TPSA) is 32.3 Å². The highest BCUT2D eigenvalue weighted by Gasteiger charge is 2.46. The number of carbonyl (C=O) groups is 1. The predicted molar refractivity (Wildman–Crippen MR) is 110 cm³/mol. The molecule has 3 heteroatoms. The predicted octanol–water partition coefficient (Wildman–Crippen LogP) is 4.56. The first-order valence-corrected chi connectivity index (χ1v) is 9.73. The van der Waals surface area contributed by atoms with Gasteiger partial charge in [-0.2, -0.15) is 0 Å². The first-order chi connectivity index (χ1) is 13.1. The van der Waals surface area contributed by atoms with Crippen molar-refractivity contribution in [1.29, 1.82) is 0 Å². The minimum atomic E-state index is -0.227. The lowest BCUT2D eigenvalue weighted by Gasteiger charge is -2.21. The molecule has 0 spiro atoms. The maximum atomic E-state index is 13.2. The molecular weight excluding hydrogens is 332 g/mol. The highest BCUT2D eigenvalue weighted by atomic mass is 16.1. The molecule has 136 valence electrons. The van der Waals surface area contributed by atoms with E-state index in [0.717, 1.165) is 36.9 Å². The standard InChI is InChI=1S/C24H24N2O/c1-16-14-18-10-13-26(2)22(18)15-20(16)23(27)25-24(11-12-24)21-9-5-7-17-6-3-4-8-19(17)21/h3-9,14-15H,10-13H2,1-2H3,(H,25,27). The van der Waals surface area contributed by atoms with Crippen molar-refractivity contribution in [2.45, 2.75) is 31.7 Å². The van der Waals surface area contributed by atoms with Crippen LogP contribution < -0.4 is 10.2 Å². The molecule has 1 heterocycles. The number of anilines is 1. The van der Waals surface area contributed by atoms with Gasteiger partial charge in [-0.15, -0.1) is 0 Å². The molecule has 0 unspecified atom stereocenters. The molecular formula is C24H24N2O. The molecule has 2 aliphatic rings. The van der Waals surface area contributed by atoms with Gasteiger partial charge < -0.3 is 10.2 Å². The van der Waals surface area contributed by atoms with Gasteiger partial charge in [0.25, 0.3) is 5.91 Å². The summed E-state index contributed by atoms with van der Waals surface area (Å²) in [5.74, 6) is 0.0426. The summed E-state index contributed by atoms with van der Waals surface area (Å²) in [5, 5.41) is 5.85.